The predicted molar refractivity (Wildman–Crippen MR) is 123 cm³/mol. The van der Waals surface area contributed by atoms with Crippen LogP contribution in [0.4, 0.5) is 0 Å². The Balaban J connectivity index is 3.00. The number of nitrogens with two attached hydrogens (primary N) is 1. The monoisotopic (exact) mass is 411 g/mol. The molecule has 0 aliphatic carbocycles. The van der Waals surface area contributed by atoms with Gasteiger partial charge in [0, 0.05) is 41.5 Å². The van der Waals surface area contributed by atoms with Crippen LogP contribution < -0.4 is 11.1 Å². The first-order valence-electron chi connectivity index (χ1n) is 10.3. The van der Waals surface area contributed by atoms with Gasteiger partial charge in [-0.15, -0.1) is 0 Å². The highest BCUT2D eigenvalue weighted by molar-refractivity contribution is 6.06. The van der Waals surface area contributed by atoms with Gasteiger partial charge >= 0.3 is 0 Å². The molecule has 0 aromatic carbocycles. The molecular weight excluding hydrogens is 378 g/mol. The maximum absolute atomic E-state index is 12.3. The molecule has 0 unspecified atom stereocenters. The normalized spacial score (nSPS) is 12.2. The minimum atomic E-state index is -0.409. The number of hydrogen-bond donors (Lipinski definition) is 2. The maximum atomic E-state index is 12.3. The molecule has 0 radical (unpaired) electrons. The number of hydrogen-bond acceptors (Lipinski definition) is 6. The zero-order valence-electron chi connectivity index (χ0n) is 18.3. The number of carbonyl (C=O) groups excluding carboxylic acids is 1. The van der Waals surface area contributed by atoms with Crippen molar-refractivity contribution in [3.63, 3.8) is 0 Å². The minimum Gasteiger partial charge on any atom is -0.398 e. The van der Waals surface area contributed by atoms with Crippen LogP contribution in [0.3, 0.4) is 0 Å². The Morgan fingerprint density at radius 3 is 2.73 bits per heavy atom. The van der Waals surface area contributed by atoms with E-state index in [9.17, 15) is 9.70 Å². The largest absolute Gasteiger partial charge is 0.398 e. The van der Waals surface area contributed by atoms with Gasteiger partial charge < -0.3 is 11.1 Å². The van der Waals surface area contributed by atoms with Crippen LogP contribution in [-0.4, -0.2) is 30.2 Å². The molecule has 162 valence electrons. The van der Waals surface area contributed by atoms with Crippen LogP contribution in [0.15, 0.2) is 58.0 Å². The third-order valence-electron chi connectivity index (χ3n) is 4.38. The van der Waals surface area contributed by atoms with E-state index in [1.54, 1.807) is 12.3 Å². The summed E-state index contributed by atoms with van der Waals surface area (Å²) in [4.78, 5) is 31.5. The van der Waals surface area contributed by atoms with Crippen LogP contribution >= 0.6 is 0 Å². The van der Waals surface area contributed by atoms with Gasteiger partial charge in [-0.2, -0.15) is 4.91 Å². The average molecular weight is 412 g/mol. The van der Waals surface area contributed by atoms with Crippen LogP contribution in [0, 0.1) is 11.8 Å². The smallest absolute Gasteiger partial charge is 0.251 e. The molecule has 0 aliphatic rings. The first kappa shape index (κ1) is 24.9. The predicted octanol–water partition coefficient (Wildman–Crippen LogP) is 3.92. The lowest BCUT2D eigenvalue weighted by Gasteiger charge is -2.10. The number of carbonyl (C=O) groups is 1. The zero-order valence-corrected chi connectivity index (χ0v) is 18.3. The number of aryl methyl sites for hydroxylation is 2. The van der Waals surface area contributed by atoms with Gasteiger partial charge in [0.1, 0.15) is 0 Å². The quantitative estimate of drug-likeness (QED) is 0.168. The Morgan fingerprint density at radius 2 is 2.10 bits per heavy atom. The van der Waals surface area contributed by atoms with Crippen LogP contribution in [0.25, 0.3) is 0 Å². The number of nitroso groups, excluding NO2 is 1. The van der Waals surface area contributed by atoms with Gasteiger partial charge in [0.2, 0.25) is 0 Å². The van der Waals surface area contributed by atoms with Crippen molar-refractivity contribution in [3.8, 4) is 0 Å². The second-order valence-corrected chi connectivity index (χ2v) is 6.97. The summed E-state index contributed by atoms with van der Waals surface area (Å²) >= 11 is 0. The van der Waals surface area contributed by atoms with E-state index in [1.807, 2.05) is 19.2 Å². The molecule has 1 amide bonds. The molecule has 0 saturated heterocycles. The summed E-state index contributed by atoms with van der Waals surface area (Å²) in [7, 11) is 0. The van der Waals surface area contributed by atoms with E-state index in [2.05, 4.69) is 47.0 Å². The maximum Gasteiger partial charge on any atom is 0.251 e. The van der Waals surface area contributed by atoms with Crippen molar-refractivity contribution in [1.29, 1.82) is 0 Å². The molecule has 0 atom stereocenters. The summed E-state index contributed by atoms with van der Waals surface area (Å²) < 4.78 is 0. The van der Waals surface area contributed by atoms with E-state index in [1.165, 1.54) is 0 Å². The molecule has 0 aliphatic heterocycles. The molecule has 1 aromatic rings. The van der Waals surface area contributed by atoms with E-state index in [-0.39, 0.29) is 18.7 Å². The molecular formula is C23H33N5O2. The fourth-order valence-electron chi connectivity index (χ4n) is 2.73. The van der Waals surface area contributed by atoms with Gasteiger partial charge in [0.15, 0.2) is 0 Å². The van der Waals surface area contributed by atoms with E-state index >= 15 is 0 Å². The van der Waals surface area contributed by atoms with Crippen molar-refractivity contribution in [2.75, 3.05) is 13.1 Å². The highest BCUT2D eigenvalue weighted by Crippen LogP contribution is 2.13. The molecule has 1 heterocycles. The van der Waals surface area contributed by atoms with Crippen molar-refractivity contribution >= 4 is 12.1 Å². The molecule has 1 rings (SSSR count). The van der Waals surface area contributed by atoms with Crippen LogP contribution in [0.5, 0.6) is 0 Å². The molecule has 0 spiro atoms. The van der Waals surface area contributed by atoms with Gasteiger partial charge in [0.25, 0.3) is 5.91 Å². The van der Waals surface area contributed by atoms with E-state index in [0.29, 0.717) is 17.8 Å². The molecule has 0 fully saturated rings. The molecule has 0 bridgehead atoms. The van der Waals surface area contributed by atoms with Crippen molar-refractivity contribution in [2.24, 2.45) is 15.9 Å². The Kier molecular flexibility index (Phi) is 11.6. The summed E-state index contributed by atoms with van der Waals surface area (Å²) in [6, 6.07) is 2.08. The van der Waals surface area contributed by atoms with Crippen molar-refractivity contribution in [2.45, 2.75) is 53.0 Å². The number of nitrogens with zero attached hydrogens (tertiary/aromatic N) is 3. The Labute approximate surface area is 179 Å². The highest BCUT2D eigenvalue weighted by atomic mass is 16.3. The summed E-state index contributed by atoms with van der Waals surface area (Å²) in [6.45, 7) is 10.7. The van der Waals surface area contributed by atoms with Crippen molar-refractivity contribution in [1.82, 2.24) is 10.3 Å². The molecule has 1 aromatic heterocycles. The van der Waals surface area contributed by atoms with Crippen molar-refractivity contribution < 1.29 is 4.79 Å². The van der Waals surface area contributed by atoms with Crippen LogP contribution in [-0.2, 0) is 17.8 Å². The fourth-order valence-corrected chi connectivity index (χ4v) is 2.73. The van der Waals surface area contributed by atoms with Gasteiger partial charge in [-0.25, -0.2) is 0 Å². The number of pyridine rings is 1. The van der Waals surface area contributed by atoms with Gasteiger partial charge in [-0.3, -0.25) is 14.8 Å². The van der Waals surface area contributed by atoms with Crippen molar-refractivity contribution in [3.05, 3.63) is 69.6 Å². The summed E-state index contributed by atoms with van der Waals surface area (Å²) in [5.74, 6) is -0.409. The lowest BCUT2D eigenvalue weighted by atomic mass is 10.0. The van der Waals surface area contributed by atoms with E-state index in [0.717, 1.165) is 42.5 Å². The fraction of sp³-hybridized carbons (Fsp3) is 0.435. The second kappa shape index (κ2) is 14.0. The summed E-state index contributed by atoms with van der Waals surface area (Å²) in [5.41, 5.74) is 10.5. The first-order chi connectivity index (χ1) is 14.4. The Bertz CT molecular complexity index is 825. The molecule has 7 nitrogen and oxygen atoms in total. The standard InChI is InChI=1S/C23H33N5O2/c1-5-7-8-10-21(24)20(18(4)23(29)26-11-12-28-30)16-25-14-19-13-17(3)22(9-6-2)27-15-19/h8,10,13,15-16H,4-7,9,11-12,14,24H2,1-3H3,(H,26,29)/b10-8-,21-20?,25-16?. The van der Waals surface area contributed by atoms with Gasteiger partial charge in [-0.05, 0) is 37.0 Å². The minimum absolute atomic E-state index is 0.00157. The van der Waals surface area contributed by atoms with Crippen LogP contribution in [0.1, 0.15) is 49.9 Å². The second-order valence-electron chi connectivity index (χ2n) is 6.97. The molecule has 3 N–H and O–H groups in total. The highest BCUT2D eigenvalue weighted by Gasteiger charge is 2.13. The number of aliphatic imine (C=N–C) groups is 1. The lowest BCUT2D eigenvalue weighted by molar-refractivity contribution is -0.117. The number of unbranched alkanes of at least 4 members (excludes halogenated alkanes) is 1. The average Bonchev–Trinajstić information content (AvgIpc) is 2.73. The Morgan fingerprint density at radius 1 is 1.33 bits per heavy atom. The SMILES string of the molecule is C=C(C(=O)NCCN=O)C(C=NCc1cnc(CCC)c(C)c1)=C(N)/C=C\CCC. The van der Waals surface area contributed by atoms with Gasteiger partial charge in [-0.1, -0.05) is 50.6 Å². The number of amides is 1. The number of aromatic nitrogens is 1. The Hall–Kier alpha value is -3.09. The third-order valence-corrected chi connectivity index (χ3v) is 4.38. The molecule has 7 heteroatoms. The summed E-state index contributed by atoms with van der Waals surface area (Å²) in [5, 5.41) is 5.33. The van der Waals surface area contributed by atoms with Gasteiger partial charge in [0.05, 0.1) is 13.1 Å². The van der Waals surface area contributed by atoms with E-state index < -0.39 is 5.91 Å². The first-order valence-corrected chi connectivity index (χ1v) is 10.3. The number of rotatable bonds is 13. The topological polar surface area (TPSA) is 110 Å². The summed E-state index contributed by atoms with van der Waals surface area (Å²) in [6.07, 6.45) is 11.0. The van der Waals surface area contributed by atoms with E-state index in [4.69, 9.17) is 5.73 Å². The lowest BCUT2D eigenvalue weighted by Crippen LogP contribution is -2.28. The zero-order chi connectivity index (χ0) is 22.4. The number of nitrogens with one attached hydrogen (secondary N) is 1. The van der Waals surface area contributed by atoms with Crippen LogP contribution in [0.2, 0.25) is 0 Å². The molecule has 0 saturated carbocycles. The number of allylic oxidation sites excluding steroid dienone is 2. The third kappa shape index (κ3) is 8.51. The molecule has 30 heavy (non-hydrogen) atoms.